The Kier molecular flexibility index (Phi) is 4.70. The Balaban J connectivity index is 1.87. The number of benzene rings is 1. The Bertz CT molecular complexity index is 1320. The number of aromatic amines is 4. The lowest BCUT2D eigenvalue weighted by Crippen LogP contribution is -2.19. The highest BCUT2D eigenvalue weighted by atomic mass is 35.5. The van der Waals surface area contributed by atoms with Crippen LogP contribution in [0, 0.1) is 24.0 Å². The van der Waals surface area contributed by atoms with Gasteiger partial charge in [-0.15, -0.1) is 0 Å². The van der Waals surface area contributed by atoms with Crippen LogP contribution >= 0.6 is 11.6 Å². The number of nitrogens with zero attached hydrogens (tertiary/aromatic N) is 1. The van der Waals surface area contributed by atoms with Crippen LogP contribution in [0.1, 0.15) is 34.2 Å². The van der Waals surface area contributed by atoms with Crippen molar-refractivity contribution >= 4 is 17.3 Å². The van der Waals surface area contributed by atoms with E-state index in [1.54, 1.807) is 26.0 Å². The Labute approximate surface area is 173 Å². The molecule has 0 bridgehead atoms. The molecule has 0 saturated carbocycles. The maximum atomic E-state index is 12.5. The highest BCUT2D eigenvalue weighted by Crippen LogP contribution is 2.37. The number of non-ortho nitro benzene ring substituents is 1. The van der Waals surface area contributed by atoms with E-state index in [2.05, 4.69) is 20.4 Å². The van der Waals surface area contributed by atoms with Gasteiger partial charge in [0.2, 0.25) is 0 Å². The molecular formula is C19H16ClN5O5. The lowest BCUT2D eigenvalue weighted by atomic mass is 9.89. The zero-order valence-electron chi connectivity index (χ0n) is 15.8. The van der Waals surface area contributed by atoms with Crippen LogP contribution in [0.5, 0.6) is 0 Å². The van der Waals surface area contributed by atoms with Gasteiger partial charge >= 0.3 is 0 Å². The highest BCUT2D eigenvalue weighted by Gasteiger charge is 2.31. The quantitative estimate of drug-likeness (QED) is 0.283. The highest BCUT2D eigenvalue weighted by molar-refractivity contribution is 6.33. The fraction of sp³-hybridized carbons (Fsp3) is 0.158. The summed E-state index contributed by atoms with van der Waals surface area (Å²) in [5.41, 5.74) is 1.39. The lowest BCUT2D eigenvalue weighted by molar-refractivity contribution is -0.384. The van der Waals surface area contributed by atoms with E-state index < -0.39 is 10.8 Å². The molecule has 0 fully saturated rings. The summed E-state index contributed by atoms with van der Waals surface area (Å²) in [7, 11) is 0. The monoisotopic (exact) mass is 429 g/mol. The molecule has 0 amide bonds. The predicted molar refractivity (Wildman–Crippen MR) is 109 cm³/mol. The first kappa shape index (κ1) is 19.5. The largest absolute Gasteiger partial charge is 0.460 e. The molecule has 0 aliphatic carbocycles. The van der Waals surface area contributed by atoms with Crippen molar-refractivity contribution in [1.29, 1.82) is 0 Å². The summed E-state index contributed by atoms with van der Waals surface area (Å²) in [6, 6.07) is 7.33. The molecule has 0 spiro atoms. The second kappa shape index (κ2) is 7.23. The molecule has 0 radical (unpaired) electrons. The number of aromatic nitrogens is 4. The van der Waals surface area contributed by atoms with Crippen LogP contribution in [0.3, 0.4) is 0 Å². The van der Waals surface area contributed by atoms with Crippen molar-refractivity contribution in [3.63, 3.8) is 0 Å². The Morgan fingerprint density at radius 1 is 0.967 bits per heavy atom. The van der Waals surface area contributed by atoms with Gasteiger partial charge in [-0.3, -0.25) is 29.9 Å². The molecule has 4 aromatic rings. The Hall–Kier alpha value is -3.79. The van der Waals surface area contributed by atoms with Gasteiger partial charge in [-0.25, -0.2) is 0 Å². The third kappa shape index (κ3) is 3.16. The van der Waals surface area contributed by atoms with E-state index in [1.807, 2.05) is 0 Å². The number of aryl methyl sites for hydroxylation is 2. The van der Waals surface area contributed by atoms with Gasteiger partial charge in [-0.2, -0.15) is 0 Å². The first-order valence-electron chi connectivity index (χ1n) is 8.86. The van der Waals surface area contributed by atoms with Crippen LogP contribution in [-0.2, 0) is 0 Å². The lowest BCUT2D eigenvalue weighted by Gasteiger charge is -2.12. The third-order valence-corrected chi connectivity index (χ3v) is 5.25. The zero-order valence-corrected chi connectivity index (χ0v) is 16.6. The summed E-state index contributed by atoms with van der Waals surface area (Å²) in [5, 5.41) is 21.7. The average Bonchev–Trinajstić information content (AvgIpc) is 3.39. The number of H-pyrrole nitrogens is 4. The predicted octanol–water partition coefficient (Wildman–Crippen LogP) is 3.34. The normalized spacial score (nSPS) is 11.3. The molecule has 3 aromatic heterocycles. The average molecular weight is 430 g/mol. The summed E-state index contributed by atoms with van der Waals surface area (Å²) in [5.74, 6) is -0.0782. The van der Waals surface area contributed by atoms with Crippen molar-refractivity contribution in [2.75, 3.05) is 0 Å². The molecule has 3 heterocycles. The van der Waals surface area contributed by atoms with E-state index in [1.165, 1.54) is 18.2 Å². The van der Waals surface area contributed by atoms with Gasteiger partial charge in [0.15, 0.2) is 0 Å². The van der Waals surface area contributed by atoms with Crippen molar-refractivity contribution < 1.29 is 9.34 Å². The minimum atomic E-state index is -0.777. The van der Waals surface area contributed by atoms with E-state index >= 15 is 0 Å². The number of hydrogen-bond acceptors (Lipinski definition) is 5. The van der Waals surface area contributed by atoms with Crippen molar-refractivity contribution in [3.8, 4) is 11.3 Å². The number of halogens is 1. The Morgan fingerprint density at radius 2 is 1.57 bits per heavy atom. The van der Waals surface area contributed by atoms with E-state index in [-0.39, 0.29) is 21.8 Å². The topological polar surface area (TPSA) is 154 Å². The molecule has 4 rings (SSSR count). The maximum Gasteiger partial charge on any atom is 0.270 e. The van der Waals surface area contributed by atoms with Crippen molar-refractivity contribution in [3.05, 3.63) is 94.5 Å². The summed E-state index contributed by atoms with van der Waals surface area (Å²) < 4.78 is 5.99. The standard InChI is InChI=1S/C19H16ClN5O5/c1-8-15(18(26)23-21-8)17(16-9(2)22-24-19(16)27)14-6-5-13(30-14)11-4-3-10(25(28)29)7-12(11)20/h3-7,17H,1-2H3,(H2,21,23,26)(H2,22,24,27). The van der Waals surface area contributed by atoms with Gasteiger partial charge in [-0.1, -0.05) is 11.6 Å². The van der Waals surface area contributed by atoms with Gasteiger partial charge in [-0.05, 0) is 32.0 Å². The summed E-state index contributed by atoms with van der Waals surface area (Å²) in [6.45, 7) is 3.43. The molecule has 154 valence electrons. The van der Waals surface area contributed by atoms with Gasteiger partial charge < -0.3 is 14.6 Å². The van der Waals surface area contributed by atoms with Crippen LogP contribution in [0.15, 0.2) is 44.3 Å². The molecule has 0 aliphatic rings. The molecule has 0 atom stereocenters. The van der Waals surface area contributed by atoms with Gasteiger partial charge in [0, 0.05) is 29.1 Å². The summed E-state index contributed by atoms with van der Waals surface area (Å²) >= 11 is 6.21. The molecule has 0 aliphatic heterocycles. The fourth-order valence-corrected chi connectivity index (χ4v) is 3.77. The molecule has 11 heteroatoms. The van der Waals surface area contributed by atoms with Crippen LogP contribution < -0.4 is 11.1 Å². The maximum absolute atomic E-state index is 12.5. The van der Waals surface area contributed by atoms with Crippen molar-refractivity contribution in [1.82, 2.24) is 20.4 Å². The number of hydrogen-bond donors (Lipinski definition) is 4. The first-order valence-corrected chi connectivity index (χ1v) is 9.24. The number of rotatable bonds is 5. The summed E-state index contributed by atoms with van der Waals surface area (Å²) in [4.78, 5) is 35.3. The third-order valence-electron chi connectivity index (χ3n) is 4.94. The smallest absolute Gasteiger partial charge is 0.270 e. The van der Waals surface area contributed by atoms with Gasteiger partial charge in [0.1, 0.15) is 11.5 Å². The number of furan rings is 1. The molecule has 1 aromatic carbocycles. The fourth-order valence-electron chi connectivity index (χ4n) is 3.51. The van der Waals surface area contributed by atoms with Gasteiger partial charge in [0.05, 0.1) is 27.0 Å². The second-order valence-corrected chi connectivity index (χ2v) is 7.20. The SMILES string of the molecule is Cc1[nH][nH]c(=O)c1C(c1ccc(-c2ccc([N+](=O)[O-])cc2Cl)o1)c1c(C)[nH][nH]c1=O. The Morgan fingerprint density at radius 3 is 2.03 bits per heavy atom. The van der Waals surface area contributed by atoms with E-state index in [9.17, 15) is 19.7 Å². The first-order chi connectivity index (χ1) is 14.3. The van der Waals surface area contributed by atoms with E-state index in [0.29, 0.717) is 39.6 Å². The minimum Gasteiger partial charge on any atom is -0.460 e. The zero-order chi connectivity index (χ0) is 21.6. The molecule has 0 unspecified atom stereocenters. The number of nitrogens with one attached hydrogen (secondary N) is 4. The van der Waals surface area contributed by atoms with Crippen LogP contribution in [0.2, 0.25) is 5.02 Å². The molecule has 4 N–H and O–H groups in total. The number of nitro benzene ring substituents is 1. The van der Waals surface area contributed by atoms with E-state index in [4.69, 9.17) is 16.0 Å². The van der Waals surface area contributed by atoms with Crippen LogP contribution in [0.25, 0.3) is 11.3 Å². The molecule has 0 saturated heterocycles. The number of nitro groups is 1. The van der Waals surface area contributed by atoms with Crippen LogP contribution in [-0.4, -0.2) is 25.3 Å². The second-order valence-electron chi connectivity index (χ2n) is 6.79. The molecule has 10 nitrogen and oxygen atoms in total. The van der Waals surface area contributed by atoms with Gasteiger partial charge in [0.25, 0.3) is 16.8 Å². The molecule has 30 heavy (non-hydrogen) atoms. The molecular weight excluding hydrogens is 414 g/mol. The van der Waals surface area contributed by atoms with Crippen molar-refractivity contribution in [2.45, 2.75) is 19.8 Å². The summed E-state index contributed by atoms with van der Waals surface area (Å²) in [6.07, 6.45) is 0. The van der Waals surface area contributed by atoms with Crippen molar-refractivity contribution in [2.24, 2.45) is 0 Å². The van der Waals surface area contributed by atoms with Crippen LogP contribution in [0.4, 0.5) is 5.69 Å². The van der Waals surface area contributed by atoms with E-state index in [0.717, 1.165) is 0 Å². The minimum absolute atomic E-state index is 0.141.